The Balaban J connectivity index is 1.90. The summed E-state index contributed by atoms with van der Waals surface area (Å²) in [5, 5.41) is 3.68. The van der Waals surface area contributed by atoms with Gasteiger partial charge in [0.15, 0.2) is 0 Å². The lowest BCUT2D eigenvalue weighted by Gasteiger charge is -2.49. The highest BCUT2D eigenvalue weighted by Gasteiger charge is 2.47. The molecule has 0 radical (unpaired) electrons. The fraction of sp³-hybridized carbons (Fsp3) is 0.600. The van der Waals surface area contributed by atoms with Crippen molar-refractivity contribution in [2.24, 2.45) is 0 Å². The Bertz CT molecular complexity index is 453. The highest BCUT2D eigenvalue weighted by atomic mass is 79.9. The van der Waals surface area contributed by atoms with Crippen molar-refractivity contribution in [2.45, 2.75) is 30.7 Å². The van der Waals surface area contributed by atoms with Crippen LogP contribution in [0.4, 0.5) is 0 Å². The SMILES string of the molecule is COc1ccc(C2(C3CCCCN3)COC2)cc1Br. The van der Waals surface area contributed by atoms with E-state index in [2.05, 4.69) is 33.4 Å². The molecule has 0 amide bonds. The van der Waals surface area contributed by atoms with Gasteiger partial charge in [0.25, 0.3) is 0 Å². The van der Waals surface area contributed by atoms with Crippen molar-refractivity contribution in [3.63, 3.8) is 0 Å². The molecule has 2 saturated heterocycles. The summed E-state index contributed by atoms with van der Waals surface area (Å²) < 4.78 is 11.9. The molecule has 1 atom stereocenters. The predicted octanol–water partition coefficient (Wildman–Crippen LogP) is 2.87. The molecule has 0 saturated carbocycles. The quantitative estimate of drug-likeness (QED) is 0.927. The van der Waals surface area contributed by atoms with Crippen LogP contribution in [0.25, 0.3) is 0 Å². The number of ether oxygens (including phenoxy) is 2. The smallest absolute Gasteiger partial charge is 0.133 e. The summed E-state index contributed by atoms with van der Waals surface area (Å²) in [5.41, 5.74) is 1.50. The largest absolute Gasteiger partial charge is 0.496 e. The second-order valence-corrected chi connectivity index (χ2v) is 6.36. The van der Waals surface area contributed by atoms with Gasteiger partial charge in [-0.05, 0) is 53.0 Å². The molecule has 0 aromatic heterocycles. The zero-order valence-electron chi connectivity index (χ0n) is 11.2. The van der Waals surface area contributed by atoms with E-state index in [9.17, 15) is 0 Å². The zero-order valence-corrected chi connectivity index (χ0v) is 12.8. The summed E-state index contributed by atoms with van der Waals surface area (Å²) in [6, 6.07) is 6.96. The van der Waals surface area contributed by atoms with E-state index in [4.69, 9.17) is 9.47 Å². The molecule has 2 aliphatic rings. The van der Waals surface area contributed by atoms with Crippen LogP contribution < -0.4 is 10.1 Å². The second kappa shape index (κ2) is 5.43. The molecule has 1 aromatic rings. The van der Waals surface area contributed by atoms with Crippen molar-refractivity contribution in [2.75, 3.05) is 26.9 Å². The van der Waals surface area contributed by atoms with Crippen LogP contribution in [0.5, 0.6) is 5.75 Å². The van der Waals surface area contributed by atoms with Crippen LogP contribution in [-0.4, -0.2) is 32.9 Å². The molecule has 19 heavy (non-hydrogen) atoms. The summed E-state index contributed by atoms with van der Waals surface area (Å²) in [6.07, 6.45) is 3.85. The minimum atomic E-state index is 0.148. The van der Waals surface area contributed by atoms with E-state index in [0.717, 1.165) is 30.0 Å². The number of hydrogen-bond acceptors (Lipinski definition) is 3. The van der Waals surface area contributed by atoms with Gasteiger partial charge in [0, 0.05) is 6.04 Å². The molecule has 2 fully saturated rings. The van der Waals surface area contributed by atoms with Crippen LogP contribution in [0.1, 0.15) is 24.8 Å². The minimum Gasteiger partial charge on any atom is -0.496 e. The van der Waals surface area contributed by atoms with E-state index in [-0.39, 0.29) is 5.41 Å². The van der Waals surface area contributed by atoms with Crippen molar-refractivity contribution in [3.8, 4) is 5.75 Å². The third-order valence-electron chi connectivity index (χ3n) is 4.42. The lowest BCUT2D eigenvalue weighted by atomic mass is 9.70. The zero-order chi connectivity index (χ0) is 13.3. The average Bonchev–Trinajstić information content (AvgIpc) is 2.39. The van der Waals surface area contributed by atoms with Gasteiger partial charge in [0.1, 0.15) is 5.75 Å². The minimum absolute atomic E-state index is 0.148. The first kappa shape index (κ1) is 13.4. The molecule has 2 aliphatic heterocycles. The summed E-state index contributed by atoms with van der Waals surface area (Å²) in [4.78, 5) is 0. The van der Waals surface area contributed by atoms with Crippen molar-refractivity contribution in [3.05, 3.63) is 28.2 Å². The lowest BCUT2D eigenvalue weighted by Crippen LogP contribution is -2.61. The first-order chi connectivity index (χ1) is 9.26. The van der Waals surface area contributed by atoms with Crippen LogP contribution >= 0.6 is 15.9 Å². The van der Waals surface area contributed by atoms with Gasteiger partial charge in [-0.2, -0.15) is 0 Å². The van der Waals surface area contributed by atoms with E-state index in [1.807, 2.05) is 6.07 Å². The average molecular weight is 326 g/mol. The van der Waals surface area contributed by atoms with Gasteiger partial charge in [-0.3, -0.25) is 0 Å². The van der Waals surface area contributed by atoms with Crippen molar-refractivity contribution >= 4 is 15.9 Å². The second-order valence-electron chi connectivity index (χ2n) is 5.50. The molecule has 2 heterocycles. The molecule has 1 unspecified atom stereocenters. The Hall–Kier alpha value is -0.580. The molecule has 3 nitrogen and oxygen atoms in total. The lowest BCUT2D eigenvalue weighted by molar-refractivity contribution is -0.0827. The van der Waals surface area contributed by atoms with E-state index >= 15 is 0 Å². The number of piperidine rings is 1. The fourth-order valence-corrected chi connectivity index (χ4v) is 3.73. The van der Waals surface area contributed by atoms with E-state index in [0.29, 0.717) is 6.04 Å². The normalized spacial score (nSPS) is 25.7. The Morgan fingerprint density at radius 2 is 2.21 bits per heavy atom. The van der Waals surface area contributed by atoms with Crippen molar-refractivity contribution in [1.82, 2.24) is 5.32 Å². The number of hydrogen-bond donors (Lipinski definition) is 1. The van der Waals surface area contributed by atoms with E-state index < -0.39 is 0 Å². The van der Waals surface area contributed by atoms with Crippen LogP contribution in [0.15, 0.2) is 22.7 Å². The Kier molecular flexibility index (Phi) is 3.83. The number of methoxy groups -OCH3 is 1. The predicted molar refractivity (Wildman–Crippen MR) is 78.8 cm³/mol. The van der Waals surface area contributed by atoms with Gasteiger partial charge >= 0.3 is 0 Å². The van der Waals surface area contributed by atoms with E-state index in [1.54, 1.807) is 7.11 Å². The van der Waals surface area contributed by atoms with Gasteiger partial charge in [0.2, 0.25) is 0 Å². The summed E-state index contributed by atoms with van der Waals surface area (Å²) in [6.45, 7) is 2.77. The number of halogens is 1. The van der Waals surface area contributed by atoms with Gasteiger partial charge in [-0.1, -0.05) is 12.5 Å². The number of nitrogens with one attached hydrogen (secondary N) is 1. The van der Waals surface area contributed by atoms with Gasteiger partial charge < -0.3 is 14.8 Å². The molecular formula is C15H20BrNO2. The first-order valence-corrected chi connectivity index (χ1v) is 7.71. The van der Waals surface area contributed by atoms with Gasteiger partial charge in [0.05, 0.1) is 30.2 Å². The Labute approximate surface area is 122 Å². The standard InChI is InChI=1S/C15H20BrNO2/c1-18-13-6-5-11(8-12(13)16)15(9-19-10-15)14-4-2-3-7-17-14/h5-6,8,14,17H,2-4,7,9-10H2,1H3. The third kappa shape index (κ3) is 2.30. The third-order valence-corrected chi connectivity index (χ3v) is 5.04. The number of benzene rings is 1. The van der Waals surface area contributed by atoms with E-state index in [1.165, 1.54) is 24.8 Å². The molecule has 0 aliphatic carbocycles. The number of rotatable bonds is 3. The fourth-order valence-electron chi connectivity index (χ4n) is 3.19. The summed E-state index contributed by atoms with van der Waals surface area (Å²) in [5.74, 6) is 0.885. The molecule has 4 heteroatoms. The molecule has 1 N–H and O–H groups in total. The summed E-state index contributed by atoms with van der Waals surface area (Å²) in [7, 11) is 1.70. The molecule has 104 valence electrons. The first-order valence-electron chi connectivity index (χ1n) is 6.91. The molecule has 0 spiro atoms. The highest BCUT2D eigenvalue weighted by molar-refractivity contribution is 9.10. The molecule has 1 aromatic carbocycles. The highest BCUT2D eigenvalue weighted by Crippen LogP contribution is 2.41. The topological polar surface area (TPSA) is 30.5 Å². The van der Waals surface area contributed by atoms with Crippen LogP contribution in [0, 0.1) is 0 Å². The summed E-state index contributed by atoms with van der Waals surface area (Å²) >= 11 is 3.59. The maximum Gasteiger partial charge on any atom is 0.133 e. The van der Waals surface area contributed by atoms with Gasteiger partial charge in [-0.25, -0.2) is 0 Å². The molecular weight excluding hydrogens is 306 g/mol. The van der Waals surface area contributed by atoms with Crippen molar-refractivity contribution < 1.29 is 9.47 Å². The Morgan fingerprint density at radius 1 is 1.37 bits per heavy atom. The van der Waals surface area contributed by atoms with Crippen LogP contribution in [0.2, 0.25) is 0 Å². The van der Waals surface area contributed by atoms with Gasteiger partial charge in [-0.15, -0.1) is 0 Å². The van der Waals surface area contributed by atoms with Crippen LogP contribution in [0.3, 0.4) is 0 Å². The maximum absolute atomic E-state index is 5.56. The monoisotopic (exact) mass is 325 g/mol. The molecule has 3 rings (SSSR count). The van der Waals surface area contributed by atoms with Crippen molar-refractivity contribution in [1.29, 1.82) is 0 Å². The molecule has 0 bridgehead atoms. The Morgan fingerprint density at radius 3 is 2.74 bits per heavy atom. The maximum atomic E-state index is 5.56. The van der Waals surface area contributed by atoms with Crippen LogP contribution in [-0.2, 0) is 10.2 Å².